The van der Waals surface area contributed by atoms with Crippen LogP contribution in [0.25, 0.3) is 11.0 Å². The molecule has 0 radical (unpaired) electrons. The molecule has 3 aromatic rings. The minimum absolute atomic E-state index is 0.110. The maximum absolute atomic E-state index is 12.6. The molecule has 2 atom stereocenters. The van der Waals surface area contributed by atoms with E-state index in [1.165, 1.54) is 24.0 Å². The lowest BCUT2D eigenvalue weighted by molar-refractivity contribution is -0.153. The summed E-state index contributed by atoms with van der Waals surface area (Å²) in [6.07, 6.45) is -5.19. The normalized spacial score (nSPS) is 13.3. The van der Waals surface area contributed by atoms with Crippen LogP contribution in [0, 0.1) is 6.92 Å². The van der Waals surface area contributed by atoms with Gasteiger partial charge in [-0.15, -0.1) is 0 Å². The van der Waals surface area contributed by atoms with Crippen molar-refractivity contribution in [1.29, 1.82) is 0 Å². The minimum atomic E-state index is -4.45. The topological polar surface area (TPSA) is 93.9 Å². The summed E-state index contributed by atoms with van der Waals surface area (Å²) in [5.74, 6) is 0.401. The second-order valence-electron chi connectivity index (χ2n) is 8.28. The molecule has 0 amide bonds. The van der Waals surface area contributed by atoms with Crippen molar-refractivity contribution in [3.05, 3.63) is 47.8 Å². The van der Waals surface area contributed by atoms with Crippen LogP contribution in [0.5, 0.6) is 5.75 Å². The Morgan fingerprint density at radius 1 is 1.13 bits per heavy atom. The zero-order valence-corrected chi connectivity index (χ0v) is 23.0. The van der Waals surface area contributed by atoms with Crippen LogP contribution in [-0.4, -0.2) is 59.6 Å². The third-order valence-corrected chi connectivity index (χ3v) is 6.43. The van der Waals surface area contributed by atoms with E-state index in [0.29, 0.717) is 53.9 Å². The first kappa shape index (κ1) is 30.5. The number of hydrogen-bond acceptors (Lipinski definition) is 9. The Labute approximate surface area is 228 Å². The van der Waals surface area contributed by atoms with Gasteiger partial charge in [-0.3, -0.25) is 9.55 Å². The molecule has 0 bridgehead atoms. The van der Waals surface area contributed by atoms with Crippen LogP contribution in [0.2, 0.25) is 0 Å². The minimum Gasteiger partial charge on any atom is -0.484 e. The quantitative estimate of drug-likeness (QED) is 0.0938. The number of imidazole rings is 1. The van der Waals surface area contributed by atoms with Crippen molar-refractivity contribution in [3.63, 3.8) is 0 Å². The SMILES string of the molecule is CCOCCC(OCC)OC(=O)OC(C)n1c(SCc2nccc(OCC(F)(F)F)c2C)nc2ccccc21. The van der Waals surface area contributed by atoms with Crippen molar-refractivity contribution in [3.8, 4) is 5.75 Å². The Kier molecular flexibility index (Phi) is 11.3. The molecule has 0 spiro atoms. The van der Waals surface area contributed by atoms with E-state index in [9.17, 15) is 18.0 Å². The second-order valence-corrected chi connectivity index (χ2v) is 9.22. The molecular weight excluding hydrogens is 539 g/mol. The van der Waals surface area contributed by atoms with Gasteiger partial charge in [0.05, 0.1) is 23.3 Å². The van der Waals surface area contributed by atoms with E-state index >= 15 is 0 Å². The Morgan fingerprint density at radius 2 is 1.90 bits per heavy atom. The van der Waals surface area contributed by atoms with Gasteiger partial charge in [0.15, 0.2) is 18.0 Å². The summed E-state index contributed by atoms with van der Waals surface area (Å²) < 4.78 is 66.3. The molecule has 0 fully saturated rings. The van der Waals surface area contributed by atoms with Gasteiger partial charge < -0.3 is 23.7 Å². The Bertz CT molecular complexity index is 1220. The Morgan fingerprint density at radius 3 is 2.62 bits per heavy atom. The van der Waals surface area contributed by atoms with E-state index in [-0.39, 0.29) is 5.75 Å². The molecule has 2 unspecified atom stereocenters. The molecule has 0 saturated carbocycles. The maximum atomic E-state index is 12.6. The zero-order valence-electron chi connectivity index (χ0n) is 22.2. The number of hydrogen-bond donors (Lipinski definition) is 0. The van der Waals surface area contributed by atoms with Gasteiger partial charge in [-0.05, 0) is 45.9 Å². The molecule has 0 N–H and O–H groups in total. The monoisotopic (exact) mass is 571 g/mol. The molecule has 0 aliphatic carbocycles. The third kappa shape index (κ3) is 9.01. The fourth-order valence-electron chi connectivity index (χ4n) is 3.64. The number of alkyl halides is 3. The lowest BCUT2D eigenvalue weighted by Gasteiger charge is -2.21. The van der Waals surface area contributed by atoms with Gasteiger partial charge in [-0.1, -0.05) is 23.9 Å². The molecular formula is C26H32F3N3O6S. The number of para-hydroxylation sites is 2. The number of halogens is 3. The van der Waals surface area contributed by atoms with Gasteiger partial charge in [-0.25, -0.2) is 9.78 Å². The molecule has 0 aliphatic rings. The third-order valence-electron chi connectivity index (χ3n) is 5.46. The van der Waals surface area contributed by atoms with Gasteiger partial charge in [0.2, 0.25) is 6.29 Å². The largest absolute Gasteiger partial charge is 0.512 e. The van der Waals surface area contributed by atoms with Crippen molar-refractivity contribution in [2.45, 2.75) is 63.7 Å². The fraction of sp³-hybridized carbons (Fsp3) is 0.500. The van der Waals surface area contributed by atoms with Gasteiger partial charge in [0, 0.05) is 37.1 Å². The van der Waals surface area contributed by atoms with Crippen molar-refractivity contribution in [2.24, 2.45) is 0 Å². The molecule has 9 nitrogen and oxygen atoms in total. The lowest BCUT2D eigenvalue weighted by atomic mass is 10.2. The summed E-state index contributed by atoms with van der Waals surface area (Å²) in [6, 6.07) is 8.75. The van der Waals surface area contributed by atoms with E-state index in [1.54, 1.807) is 25.3 Å². The number of aromatic nitrogens is 3. The van der Waals surface area contributed by atoms with E-state index < -0.39 is 31.5 Å². The highest BCUT2D eigenvalue weighted by molar-refractivity contribution is 7.98. The van der Waals surface area contributed by atoms with E-state index in [0.717, 1.165) is 5.52 Å². The number of nitrogens with zero attached hydrogens (tertiary/aromatic N) is 3. The van der Waals surface area contributed by atoms with Crippen LogP contribution >= 0.6 is 11.8 Å². The average Bonchev–Trinajstić information content (AvgIpc) is 3.25. The number of pyridine rings is 1. The molecule has 1 aromatic carbocycles. The Hall–Kier alpha value is -3.03. The maximum Gasteiger partial charge on any atom is 0.512 e. The number of rotatable bonds is 14. The standard InChI is InChI=1S/C26H32F3N3O6S/c1-5-34-14-12-23(35-6-2)38-25(33)37-18(4)32-21-10-8-7-9-19(21)31-24(32)39-15-20-17(3)22(11-13-30-20)36-16-26(27,28)29/h7-11,13,18,23H,5-6,12,14-16H2,1-4H3. The van der Waals surface area contributed by atoms with Gasteiger partial charge in [-0.2, -0.15) is 13.2 Å². The van der Waals surface area contributed by atoms with Crippen LogP contribution in [0.3, 0.4) is 0 Å². The van der Waals surface area contributed by atoms with Gasteiger partial charge in [0.25, 0.3) is 0 Å². The first-order valence-corrected chi connectivity index (χ1v) is 13.4. The first-order chi connectivity index (χ1) is 18.6. The fourth-order valence-corrected chi connectivity index (χ4v) is 4.75. The second kappa shape index (κ2) is 14.4. The van der Waals surface area contributed by atoms with Crippen molar-refractivity contribution in [2.75, 3.05) is 26.4 Å². The van der Waals surface area contributed by atoms with E-state index in [1.807, 2.05) is 31.2 Å². The predicted molar refractivity (Wildman–Crippen MR) is 139 cm³/mol. The number of ether oxygens (including phenoxy) is 5. The van der Waals surface area contributed by atoms with Crippen LogP contribution in [0.15, 0.2) is 41.7 Å². The highest BCUT2D eigenvalue weighted by Gasteiger charge is 2.29. The summed E-state index contributed by atoms with van der Waals surface area (Å²) in [6.45, 7) is 6.86. The first-order valence-electron chi connectivity index (χ1n) is 12.4. The molecule has 13 heteroatoms. The smallest absolute Gasteiger partial charge is 0.484 e. The van der Waals surface area contributed by atoms with Gasteiger partial charge >= 0.3 is 12.3 Å². The number of benzene rings is 1. The van der Waals surface area contributed by atoms with Crippen molar-refractivity contribution in [1.82, 2.24) is 14.5 Å². The number of carbonyl (C=O) groups is 1. The average molecular weight is 572 g/mol. The number of fused-ring (bicyclic) bond motifs is 1. The molecule has 2 aromatic heterocycles. The van der Waals surface area contributed by atoms with Crippen LogP contribution in [0.4, 0.5) is 18.0 Å². The van der Waals surface area contributed by atoms with Crippen LogP contribution in [-0.2, 0) is 24.7 Å². The molecule has 0 aliphatic heterocycles. The predicted octanol–water partition coefficient (Wildman–Crippen LogP) is 6.43. The van der Waals surface area contributed by atoms with Crippen LogP contribution < -0.4 is 4.74 Å². The summed E-state index contributed by atoms with van der Waals surface area (Å²) in [5.41, 5.74) is 2.45. The molecule has 214 valence electrons. The highest BCUT2D eigenvalue weighted by atomic mass is 32.2. The van der Waals surface area contributed by atoms with Crippen LogP contribution in [0.1, 0.15) is 44.7 Å². The summed E-state index contributed by atoms with van der Waals surface area (Å²) >= 11 is 1.30. The number of carbonyl (C=O) groups excluding carboxylic acids is 1. The lowest BCUT2D eigenvalue weighted by Crippen LogP contribution is -2.25. The molecule has 2 heterocycles. The molecule has 0 saturated heterocycles. The molecule has 39 heavy (non-hydrogen) atoms. The van der Waals surface area contributed by atoms with E-state index in [2.05, 4.69) is 9.97 Å². The summed E-state index contributed by atoms with van der Waals surface area (Å²) in [5, 5.41) is 0.525. The molecule has 3 rings (SSSR count). The zero-order chi connectivity index (χ0) is 28.4. The van der Waals surface area contributed by atoms with Crippen molar-refractivity contribution >= 4 is 29.0 Å². The summed E-state index contributed by atoms with van der Waals surface area (Å²) in [7, 11) is 0. The van der Waals surface area contributed by atoms with Gasteiger partial charge in [0.1, 0.15) is 5.75 Å². The Balaban J connectivity index is 1.75. The highest BCUT2D eigenvalue weighted by Crippen LogP contribution is 2.32. The summed E-state index contributed by atoms with van der Waals surface area (Å²) in [4.78, 5) is 21.6. The van der Waals surface area contributed by atoms with Crippen molar-refractivity contribution < 1.29 is 41.7 Å². The number of thioether (sulfide) groups is 1. The van der Waals surface area contributed by atoms with E-state index in [4.69, 9.17) is 23.7 Å².